The maximum Gasteiger partial charge on any atom is 0.234 e. The van der Waals surface area contributed by atoms with Crippen molar-refractivity contribution in [2.24, 2.45) is 0 Å². The van der Waals surface area contributed by atoms with E-state index < -0.39 is 0 Å². The number of amides is 1. The molecule has 1 aliphatic rings. The second kappa shape index (κ2) is 7.85. The molecule has 0 saturated carbocycles. The lowest BCUT2D eigenvalue weighted by Crippen LogP contribution is -2.15. The van der Waals surface area contributed by atoms with Gasteiger partial charge < -0.3 is 10.2 Å². The third-order valence-corrected chi connectivity index (χ3v) is 5.99. The second-order valence-electron chi connectivity index (χ2n) is 6.72. The van der Waals surface area contributed by atoms with Crippen molar-refractivity contribution in [1.29, 1.82) is 0 Å². The van der Waals surface area contributed by atoms with Crippen LogP contribution in [0.5, 0.6) is 0 Å². The molecule has 6 nitrogen and oxygen atoms in total. The maximum absolute atomic E-state index is 12.3. The van der Waals surface area contributed by atoms with Gasteiger partial charge in [0.15, 0.2) is 5.16 Å². The second-order valence-corrected chi connectivity index (χ2v) is 8.07. The Kier molecular flexibility index (Phi) is 5.28. The Balaban J connectivity index is 1.40. The van der Waals surface area contributed by atoms with E-state index in [1.54, 1.807) is 6.07 Å². The molecular formula is C20H20ClN5OS. The first-order valence-corrected chi connectivity index (χ1v) is 10.3. The number of thioether (sulfide) groups is 1. The first kappa shape index (κ1) is 18.8. The van der Waals surface area contributed by atoms with Crippen LogP contribution in [0.4, 0.5) is 17.3 Å². The number of nitrogens with one attached hydrogen (secondary N) is 1. The first-order chi connectivity index (χ1) is 13.5. The minimum atomic E-state index is -0.101. The molecule has 4 rings (SSSR count). The van der Waals surface area contributed by atoms with Crippen molar-refractivity contribution in [2.75, 3.05) is 22.5 Å². The SMILES string of the molecule is Cc1ccc(N2CCn3c(SCC(=O)Nc4ccc(C)c(Cl)c4)nnc32)cc1. The van der Waals surface area contributed by atoms with Gasteiger partial charge in [0.1, 0.15) is 0 Å². The van der Waals surface area contributed by atoms with Gasteiger partial charge in [0, 0.05) is 29.5 Å². The first-order valence-electron chi connectivity index (χ1n) is 8.97. The molecule has 28 heavy (non-hydrogen) atoms. The zero-order chi connectivity index (χ0) is 19.7. The number of carbonyl (C=O) groups excluding carboxylic acids is 1. The smallest absolute Gasteiger partial charge is 0.234 e. The van der Waals surface area contributed by atoms with Crippen LogP contribution in [0.3, 0.4) is 0 Å². The van der Waals surface area contributed by atoms with E-state index in [-0.39, 0.29) is 11.7 Å². The lowest BCUT2D eigenvalue weighted by Gasteiger charge is -2.15. The summed E-state index contributed by atoms with van der Waals surface area (Å²) in [5.74, 6) is 0.974. The average Bonchev–Trinajstić information content (AvgIpc) is 3.26. The largest absolute Gasteiger partial charge is 0.325 e. The fraction of sp³-hybridized carbons (Fsp3) is 0.250. The van der Waals surface area contributed by atoms with Gasteiger partial charge in [-0.1, -0.05) is 47.1 Å². The predicted octanol–water partition coefficient (Wildman–Crippen LogP) is 4.43. The van der Waals surface area contributed by atoms with Gasteiger partial charge in [-0.3, -0.25) is 9.36 Å². The van der Waals surface area contributed by atoms with Crippen molar-refractivity contribution < 1.29 is 4.79 Å². The standard InChI is InChI=1S/C20H20ClN5OS/c1-13-3-7-16(8-4-13)25-9-10-26-19(25)23-24-20(26)28-12-18(27)22-15-6-5-14(2)17(21)11-15/h3-8,11H,9-10,12H2,1-2H3,(H,22,27). The molecule has 0 fully saturated rings. The van der Waals surface area contributed by atoms with Crippen LogP contribution in [-0.4, -0.2) is 33.0 Å². The molecular weight excluding hydrogens is 394 g/mol. The predicted molar refractivity (Wildman–Crippen MR) is 114 cm³/mol. The Morgan fingerprint density at radius 2 is 1.93 bits per heavy atom. The van der Waals surface area contributed by atoms with Crippen LogP contribution in [0.1, 0.15) is 11.1 Å². The third-order valence-electron chi connectivity index (χ3n) is 4.62. The number of aromatic nitrogens is 3. The summed E-state index contributed by atoms with van der Waals surface area (Å²) in [6, 6.07) is 13.8. The van der Waals surface area contributed by atoms with Crippen molar-refractivity contribution in [3.8, 4) is 0 Å². The summed E-state index contributed by atoms with van der Waals surface area (Å²) in [4.78, 5) is 14.4. The van der Waals surface area contributed by atoms with Crippen LogP contribution in [0.25, 0.3) is 0 Å². The van der Waals surface area contributed by atoms with Gasteiger partial charge in [0.2, 0.25) is 11.9 Å². The molecule has 0 aliphatic carbocycles. The molecule has 0 unspecified atom stereocenters. The number of halogens is 1. The maximum atomic E-state index is 12.3. The number of nitrogens with zero attached hydrogens (tertiary/aromatic N) is 4. The van der Waals surface area contributed by atoms with Crippen molar-refractivity contribution in [1.82, 2.24) is 14.8 Å². The number of aryl methyl sites for hydroxylation is 2. The summed E-state index contributed by atoms with van der Waals surface area (Å²) in [6.45, 7) is 5.64. The third kappa shape index (κ3) is 3.86. The molecule has 0 bridgehead atoms. The van der Waals surface area contributed by atoms with E-state index in [1.165, 1.54) is 17.3 Å². The molecule has 1 aromatic heterocycles. The number of carbonyl (C=O) groups is 1. The molecule has 144 valence electrons. The summed E-state index contributed by atoms with van der Waals surface area (Å²) in [5, 5.41) is 12.9. The van der Waals surface area contributed by atoms with E-state index >= 15 is 0 Å². The number of fused-ring (bicyclic) bond motifs is 1. The fourth-order valence-corrected chi connectivity index (χ4v) is 3.99. The number of anilines is 3. The molecule has 0 spiro atoms. The van der Waals surface area contributed by atoms with Gasteiger partial charge in [-0.05, 0) is 43.7 Å². The summed E-state index contributed by atoms with van der Waals surface area (Å²) < 4.78 is 2.06. The van der Waals surface area contributed by atoms with Crippen LogP contribution in [0.15, 0.2) is 47.6 Å². The molecule has 8 heteroatoms. The summed E-state index contributed by atoms with van der Waals surface area (Å²) in [6.07, 6.45) is 0. The van der Waals surface area contributed by atoms with E-state index in [1.807, 2.05) is 19.1 Å². The average molecular weight is 414 g/mol. The van der Waals surface area contributed by atoms with Gasteiger partial charge in [-0.2, -0.15) is 0 Å². The molecule has 0 radical (unpaired) electrons. The Hall–Kier alpha value is -2.51. The Labute approximate surface area is 172 Å². The molecule has 1 amide bonds. The highest BCUT2D eigenvalue weighted by Crippen LogP contribution is 2.32. The van der Waals surface area contributed by atoms with Crippen LogP contribution >= 0.6 is 23.4 Å². The molecule has 2 aromatic carbocycles. The topological polar surface area (TPSA) is 63.1 Å². The fourth-order valence-electron chi connectivity index (χ4n) is 3.05. The lowest BCUT2D eigenvalue weighted by molar-refractivity contribution is -0.113. The zero-order valence-electron chi connectivity index (χ0n) is 15.6. The Bertz CT molecular complexity index is 1020. The Morgan fingerprint density at radius 3 is 2.68 bits per heavy atom. The van der Waals surface area contributed by atoms with Crippen molar-refractivity contribution in [3.05, 3.63) is 58.6 Å². The van der Waals surface area contributed by atoms with Gasteiger partial charge >= 0.3 is 0 Å². The summed E-state index contributed by atoms with van der Waals surface area (Å²) >= 11 is 7.49. The Morgan fingerprint density at radius 1 is 1.14 bits per heavy atom. The molecule has 1 aliphatic heterocycles. The van der Waals surface area contributed by atoms with Crippen molar-refractivity contribution >= 4 is 46.6 Å². The molecule has 2 heterocycles. The van der Waals surface area contributed by atoms with Crippen LogP contribution in [-0.2, 0) is 11.3 Å². The highest BCUT2D eigenvalue weighted by atomic mass is 35.5. The number of hydrogen-bond acceptors (Lipinski definition) is 5. The summed E-state index contributed by atoms with van der Waals surface area (Å²) in [7, 11) is 0. The van der Waals surface area contributed by atoms with Crippen molar-refractivity contribution in [2.45, 2.75) is 25.5 Å². The normalized spacial score (nSPS) is 12.9. The van der Waals surface area contributed by atoms with Crippen molar-refractivity contribution in [3.63, 3.8) is 0 Å². The highest BCUT2D eigenvalue weighted by molar-refractivity contribution is 7.99. The van der Waals surface area contributed by atoms with E-state index in [2.05, 4.69) is 56.2 Å². The minimum absolute atomic E-state index is 0.101. The van der Waals surface area contributed by atoms with Crippen LogP contribution < -0.4 is 10.2 Å². The van der Waals surface area contributed by atoms with Crippen LogP contribution in [0.2, 0.25) is 5.02 Å². The van der Waals surface area contributed by atoms with Gasteiger partial charge in [-0.15, -0.1) is 10.2 Å². The van der Waals surface area contributed by atoms with Gasteiger partial charge in [0.05, 0.1) is 5.75 Å². The molecule has 0 saturated heterocycles. The number of rotatable bonds is 5. The van der Waals surface area contributed by atoms with E-state index in [0.29, 0.717) is 10.7 Å². The molecule has 1 N–H and O–H groups in total. The van der Waals surface area contributed by atoms with Crippen LogP contribution in [0, 0.1) is 13.8 Å². The number of hydrogen-bond donors (Lipinski definition) is 1. The monoisotopic (exact) mass is 413 g/mol. The zero-order valence-corrected chi connectivity index (χ0v) is 17.2. The quantitative estimate of drug-likeness (QED) is 0.627. The highest BCUT2D eigenvalue weighted by Gasteiger charge is 2.26. The summed E-state index contributed by atoms with van der Waals surface area (Å²) in [5.41, 5.74) is 3.99. The number of benzene rings is 2. The van der Waals surface area contributed by atoms with Gasteiger partial charge in [0.25, 0.3) is 0 Å². The minimum Gasteiger partial charge on any atom is -0.325 e. The van der Waals surface area contributed by atoms with E-state index in [4.69, 9.17) is 11.6 Å². The van der Waals surface area contributed by atoms with E-state index in [0.717, 1.165) is 35.4 Å². The van der Waals surface area contributed by atoms with Gasteiger partial charge in [-0.25, -0.2) is 0 Å². The lowest BCUT2D eigenvalue weighted by atomic mass is 10.2. The molecule has 3 aromatic rings. The molecule has 0 atom stereocenters. The van der Waals surface area contributed by atoms with E-state index in [9.17, 15) is 4.79 Å².